The monoisotopic (exact) mass is 420 g/mol. The van der Waals surface area contributed by atoms with Crippen LogP contribution in [-0.4, -0.2) is 11.7 Å². The summed E-state index contributed by atoms with van der Waals surface area (Å²) in [5.41, 5.74) is 1.28. The highest BCUT2D eigenvalue weighted by atomic mass is 16.2. The van der Waals surface area contributed by atoms with Gasteiger partial charge in [-0.15, -0.1) is 0 Å². The fourth-order valence-electron chi connectivity index (χ4n) is 9.11. The Bertz CT molecular complexity index is 487. The highest BCUT2D eigenvalue weighted by molar-refractivity contribution is 5.10. The van der Waals surface area contributed by atoms with Gasteiger partial charge in [0, 0.05) is 6.61 Å². The minimum atomic E-state index is 0.384. The molecule has 0 aromatic rings. The normalized spacial score (nSPS) is 44.4. The van der Waals surface area contributed by atoms with Crippen LogP contribution in [0.15, 0.2) is 0 Å². The Kier molecular flexibility index (Phi) is 10.2. The largest absolute Gasteiger partial charge is 0.396 e. The van der Waals surface area contributed by atoms with E-state index in [9.17, 15) is 5.11 Å². The van der Waals surface area contributed by atoms with Crippen LogP contribution in [0.4, 0.5) is 0 Å². The molecule has 0 radical (unpaired) electrons. The molecular formula is C29H56O. The summed E-state index contributed by atoms with van der Waals surface area (Å²) in [6.45, 7) is 16.3. The molecule has 0 aromatic carbocycles. The maximum atomic E-state index is 9.19. The zero-order valence-corrected chi connectivity index (χ0v) is 21.8. The molecular weight excluding hydrogens is 364 g/mol. The molecule has 0 aromatic heterocycles. The summed E-state index contributed by atoms with van der Waals surface area (Å²) in [6, 6.07) is 0. The minimum Gasteiger partial charge on any atom is -0.396 e. The summed E-state index contributed by atoms with van der Waals surface area (Å²) < 4.78 is 0. The minimum absolute atomic E-state index is 0.384. The van der Waals surface area contributed by atoms with Gasteiger partial charge in [-0.1, -0.05) is 74.1 Å². The van der Waals surface area contributed by atoms with Gasteiger partial charge in [-0.25, -0.2) is 0 Å². The molecule has 178 valence electrons. The lowest BCUT2D eigenvalue weighted by molar-refractivity contribution is -0.135. The van der Waals surface area contributed by atoms with E-state index in [4.69, 9.17) is 0 Å². The first-order valence-electron chi connectivity index (χ1n) is 14.2. The first-order chi connectivity index (χ1) is 14.5. The molecule has 4 aliphatic rings. The van der Waals surface area contributed by atoms with Gasteiger partial charge in [-0.05, 0) is 104 Å². The predicted molar refractivity (Wildman–Crippen MR) is 133 cm³/mol. The van der Waals surface area contributed by atoms with Crippen LogP contribution < -0.4 is 0 Å². The van der Waals surface area contributed by atoms with Gasteiger partial charge in [0.2, 0.25) is 0 Å². The fourth-order valence-corrected chi connectivity index (χ4v) is 9.11. The Morgan fingerprint density at radius 2 is 1.47 bits per heavy atom. The molecule has 5 unspecified atom stereocenters. The number of hydrogen-bond acceptors (Lipinski definition) is 1. The molecule has 4 aliphatic carbocycles. The highest BCUT2D eigenvalue weighted by Gasteiger charge is 2.60. The van der Waals surface area contributed by atoms with Crippen molar-refractivity contribution in [2.45, 2.75) is 132 Å². The Morgan fingerprint density at radius 1 is 0.767 bits per heavy atom. The Morgan fingerprint density at radius 3 is 2.13 bits per heavy atom. The maximum Gasteiger partial charge on any atom is 0.0431 e. The summed E-state index contributed by atoms with van der Waals surface area (Å²) in [5, 5.41) is 9.19. The summed E-state index contributed by atoms with van der Waals surface area (Å²) in [5.74, 6) is 6.06. The number of unbranched alkanes of at least 4 members (excludes halogenated alkanes) is 1. The Balaban J connectivity index is 0.000000757. The van der Waals surface area contributed by atoms with Gasteiger partial charge >= 0.3 is 0 Å². The van der Waals surface area contributed by atoms with E-state index in [0.717, 1.165) is 41.9 Å². The number of hydrogen-bond donors (Lipinski definition) is 1. The maximum absolute atomic E-state index is 9.19. The SMILES string of the molecule is CC.CC.CC[C@H]1CC2[C@@H]3CCC(CCCCO)C3(C)CC[C@@H]2C2(C)CCCCC12. The van der Waals surface area contributed by atoms with Crippen molar-refractivity contribution in [3.05, 3.63) is 0 Å². The molecule has 1 heteroatoms. The molecule has 0 aliphatic heterocycles. The van der Waals surface area contributed by atoms with Gasteiger partial charge in [0.25, 0.3) is 0 Å². The van der Waals surface area contributed by atoms with Crippen molar-refractivity contribution in [2.75, 3.05) is 6.61 Å². The second kappa shape index (κ2) is 11.7. The van der Waals surface area contributed by atoms with E-state index in [0.29, 0.717) is 17.4 Å². The first kappa shape index (κ1) is 26.2. The molecule has 0 bridgehead atoms. The molecule has 8 atom stereocenters. The lowest BCUT2D eigenvalue weighted by Crippen LogP contribution is -2.55. The number of aliphatic hydroxyl groups excluding tert-OH is 1. The van der Waals surface area contributed by atoms with Gasteiger partial charge in [0.05, 0.1) is 0 Å². The molecule has 1 N–H and O–H groups in total. The lowest BCUT2D eigenvalue weighted by atomic mass is 9.42. The van der Waals surface area contributed by atoms with E-state index in [1.807, 2.05) is 27.7 Å². The fraction of sp³-hybridized carbons (Fsp3) is 1.00. The van der Waals surface area contributed by atoms with Gasteiger partial charge < -0.3 is 5.11 Å². The summed E-state index contributed by atoms with van der Waals surface area (Å²) >= 11 is 0. The van der Waals surface area contributed by atoms with Gasteiger partial charge in [-0.2, -0.15) is 0 Å². The average molecular weight is 421 g/mol. The molecule has 4 saturated carbocycles. The topological polar surface area (TPSA) is 20.2 Å². The van der Waals surface area contributed by atoms with Gasteiger partial charge in [-0.3, -0.25) is 0 Å². The van der Waals surface area contributed by atoms with Crippen molar-refractivity contribution in [3.63, 3.8) is 0 Å². The van der Waals surface area contributed by atoms with E-state index in [1.165, 1.54) is 70.6 Å². The van der Waals surface area contributed by atoms with Crippen LogP contribution in [0.2, 0.25) is 0 Å². The third-order valence-corrected chi connectivity index (χ3v) is 10.4. The molecule has 0 spiro atoms. The quantitative estimate of drug-likeness (QED) is 0.440. The molecule has 4 rings (SSSR count). The molecule has 30 heavy (non-hydrogen) atoms. The summed E-state index contributed by atoms with van der Waals surface area (Å²) in [4.78, 5) is 0. The van der Waals surface area contributed by atoms with Crippen LogP contribution in [0.25, 0.3) is 0 Å². The highest BCUT2D eigenvalue weighted by Crippen LogP contribution is 2.69. The molecule has 1 nitrogen and oxygen atoms in total. The zero-order valence-electron chi connectivity index (χ0n) is 21.8. The Hall–Kier alpha value is -0.0400. The van der Waals surface area contributed by atoms with Crippen LogP contribution in [0.1, 0.15) is 132 Å². The predicted octanol–water partition coefficient (Wildman–Crippen LogP) is 8.89. The smallest absolute Gasteiger partial charge is 0.0431 e. The second-order valence-corrected chi connectivity index (χ2v) is 11.2. The zero-order chi connectivity index (χ0) is 22.4. The number of rotatable bonds is 5. The van der Waals surface area contributed by atoms with E-state index in [-0.39, 0.29) is 0 Å². The van der Waals surface area contributed by atoms with Crippen molar-refractivity contribution in [3.8, 4) is 0 Å². The van der Waals surface area contributed by atoms with E-state index in [2.05, 4.69) is 20.8 Å². The van der Waals surface area contributed by atoms with Gasteiger partial charge in [0.1, 0.15) is 0 Å². The van der Waals surface area contributed by atoms with Crippen LogP contribution in [-0.2, 0) is 0 Å². The standard InChI is InChI=1S/C25H44O.2C2H6/c1-4-18-17-20-22-12-11-19(9-6-8-16-26)24(22,2)15-13-23(20)25(3)14-7-5-10-21(18)25;2*1-2/h18-23,26H,4-17H2,1-3H3;2*1-2H3/t18-,19?,20?,21?,22-,23-,24?,25?;;/m0../s1. The first-order valence-corrected chi connectivity index (χ1v) is 14.2. The van der Waals surface area contributed by atoms with Crippen molar-refractivity contribution < 1.29 is 5.11 Å². The van der Waals surface area contributed by atoms with E-state index in [1.54, 1.807) is 6.42 Å². The molecule has 0 amide bonds. The molecule has 0 saturated heterocycles. The third-order valence-electron chi connectivity index (χ3n) is 10.4. The van der Waals surface area contributed by atoms with Crippen molar-refractivity contribution in [2.24, 2.45) is 46.3 Å². The van der Waals surface area contributed by atoms with Crippen LogP contribution in [0, 0.1) is 46.3 Å². The average Bonchev–Trinajstić information content (AvgIpc) is 3.12. The van der Waals surface area contributed by atoms with Crippen LogP contribution in [0.3, 0.4) is 0 Å². The van der Waals surface area contributed by atoms with E-state index < -0.39 is 0 Å². The number of fused-ring (bicyclic) bond motifs is 5. The van der Waals surface area contributed by atoms with Crippen molar-refractivity contribution in [1.82, 2.24) is 0 Å². The third kappa shape index (κ3) is 4.67. The summed E-state index contributed by atoms with van der Waals surface area (Å²) in [6.07, 6.45) is 18.7. The number of aliphatic hydroxyl groups is 1. The van der Waals surface area contributed by atoms with E-state index >= 15 is 0 Å². The van der Waals surface area contributed by atoms with Gasteiger partial charge in [0.15, 0.2) is 0 Å². The second-order valence-electron chi connectivity index (χ2n) is 11.2. The molecule has 4 fully saturated rings. The Labute approximate surface area is 190 Å². The summed E-state index contributed by atoms with van der Waals surface area (Å²) in [7, 11) is 0. The van der Waals surface area contributed by atoms with Crippen LogP contribution >= 0.6 is 0 Å². The van der Waals surface area contributed by atoms with Crippen LogP contribution in [0.5, 0.6) is 0 Å². The molecule has 0 heterocycles. The van der Waals surface area contributed by atoms with Crippen molar-refractivity contribution >= 4 is 0 Å². The van der Waals surface area contributed by atoms with Crippen molar-refractivity contribution in [1.29, 1.82) is 0 Å². The lowest BCUT2D eigenvalue weighted by Gasteiger charge is -2.62.